The Hall–Kier alpha value is -1.15. The third-order valence-electron chi connectivity index (χ3n) is 4.31. The first-order chi connectivity index (χ1) is 11.0. The fraction of sp³-hybridized carbons (Fsp3) is 0.533. The number of sulfonamides is 1. The maximum Gasteiger partial charge on any atom is 0.244 e. The molecule has 2 heterocycles. The van der Waals surface area contributed by atoms with Crippen molar-refractivity contribution in [1.82, 2.24) is 9.62 Å². The van der Waals surface area contributed by atoms with E-state index in [1.165, 1.54) is 16.4 Å². The first kappa shape index (κ1) is 16.7. The lowest BCUT2D eigenvalue weighted by Gasteiger charge is -2.17. The summed E-state index contributed by atoms with van der Waals surface area (Å²) < 4.78 is 26.8. The molecule has 2 N–H and O–H groups in total. The van der Waals surface area contributed by atoms with Crippen LogP contribution in [0.4, 0.5) is 5.69 Å². The van der Waals surface area contributed by atoms with Crippen molar-refractivity contribution in [1.29, 1.82) is 0 Å². The molecule has 2 aliphatic heterocycles. The number of benzene rings is 1. The quantitative estimate of drug-likeness (QED) is 0.859. The van der Waals surface area contributed by atoms with Gasteiger partial charge in [-0.3, -0.25) is 4.79 Å². The molecule has 3 rings (SSSR count). The average molecular weight is 358 g/mol. The monoisotopic (exact) mass is 357 g/mol. The fourth-order valence-electron chi connectivity index (χ4n) is 2.97. The van der Waals surface area contributed by atoms with Crippen molar-refractivity contribution in [3.63, 3.8) is 0 Å². The second-order valence-electron chi connectivity index (χ2n) is 5.94. The summed E-state index contributed by atoms with van der Waals surface area (Å²) in [5.41, 5.74) is 0.462. The van der Waals surface area contributed by atoms with Crippen LogP contribution in [0.5, 0.6) is 0 Å². The van der Waals surface area contributed by atoms with Crippen molar-refractivity contribution in [3.8, 4) is 0 Å². The summed E-state index contributed by atoms with van der Waals surface area (Å²) in [4.78, 5) is 12.2. The molecule has 1 atom stereocenters. The molecule has 1 aromatic rings. The van der Waals surface area contributed by atoms with Crippen molar-refractivity contribution in [2.75, 3.05) is 31.5 Å². The molecule has 2 fully saturated rings. The predicted molar refractivity (Wildman–Crippen MR) is 89.1 cm³/mol. The Morgan fingerprint density at radius 3 is 2.70 bits per heavy atom. The maximum absolute atomic E-state index is 12.7. The molecule has 0 saturated carbocycles. The van der Waals surface area contributed by atoms with Gasteiger partial charge in [-0.05, 0) is 44.0 Å². The minimum absolute atomic E-state index is 0.0587. The summed E-state index contributed by atoms with van der Waals surface area (Å²) >= 11 is 6.09. The Morgan fingerprint density at radius 2 is 2.04 bits per heavy atom. The molecule has 0 aliphatic carbocycles. The summed E-state index contributed by atoms with van der Waals surface area (Å²) in [6.45, 7) is 2.51. The van der Waals surface area contributed by atoms with E-state index in [4.69, 9.17) is 11.6 Å². The highest BCUT2D eigenvalue weighted by molar-refractivity contribution is 7.89. The molecule has 126 valence electrons. The van der Waals surface area contributed by atoms with Crippen molar-refractivity contribution in [3.05, 3.63) is 23.2 Å². The zero-order chi connectivity index (χ0) is 16.4. The molecule has 1 unspecified atom stereocenters. The zero-order valence-corrected chi connectivity index (χ0v) is 14.3. The van der Waals surface area contributed by atoms with E-state index < -0.39 is 10.0 Å². The second kappa shape index (κ2) is 6.76. The molecule has 2 aliphatic rings. The number of anilines is 1. The van der Waals surface area contributed by atoms with Gasteiger partial charge in [0, 0.05) is 25.3 Å². The largest absolute Gasteiger partial charge is 0.326 e. The Balaban J connectivity index is 1.82. The third-order valence-corrected chi connectivity index (χ3v) is 6.69. The van der Waals surface area contributed by atoms with Gasteiger partial charge in [-0.2, -0.15) is 4.31 Å². The summed E-state index contributed by atoms with van der Waals surface area (Å²) in [5.74, 6) is -0.175. The van der Waals surface area contributed by atoms with E-state index in [1.54, 1.807) is 6.07 Å². The van der Waals surface area contributed by atoms with E-state index in [2.05, 4.69) is 10.6 Å². The van der Waals surface area contributed by atoms with Gasteiger partial charge in [-0.15, -0.1) is 0 Å². The van der Waals surface area contributed by atoms with E-state index >= 15 is 0 Å². The predicted octanol–water partition coefficient (Wildman–Crippen LogP) is 1.67. The lowest BCUT2D eigenvalue weighted by Crippen LogP contribution is -2.28. The van der Waals surface area contributed by atoms with Crippen LogP contribution in [0.15, 0.2) is 23.1 Å². The van der Waals surface area contributed by atoms with Gasteiger partial charge in [0.05, 0.1) is 10.9 Å². The number of carbonyl (C=O) groups is 1. The molecular weight excluding hydrogens is 338 g/mol. The van der Waals surface area contributed by atoms with Crippen LogP contribution in [-0.4, -0.2) is 44.8 Å². The minimum Gasteiger partial charge on any atom is -0.326 e. The molecule has 0 aromatic heterocycles. The van der Waals surface area contributed by atoms with Gasteiger partial charge in [0.1, 0.15) is 4.90 Å². The molecule has 0 radical (unpaired) electrons. The first-order valence-electron chi connectivity index (χ1n) is 7.80. The maximum atomic E-state index is 12.7. The number of nitrogens with one attached hydrogen (secondary N) is 2. The Bertz CT molecular complexity index is 696. The van der Waals surface area contributed by atoms with Crippen molar-refractivity contribution in [2.45, 2.75) is 24.2 Å². The van der Waals surface area contributed by atoms with Crippen LogP contribution >= 0.6 is 11.6 Å². The smallest absolute Gasteiger partial charge is 0.244 e. The molecule has 1 aromatic carbocycles. The fourth-order valence-corrected chi connectivity index (χ4v) is 4.99. The van der Waals surface area contributed by atoms with Crippen molar-refractivity contribution < 1.29 is 13.2 Å². The van der Waals surface area contributed by atoms with E-state index in [0.717, 1.165) is 25.8 Å². The van der Waals surface area contributed by atoms with Crippen LogP contribution in [0.1, 0.15) is 19.3 Å². The van der Waals surface area contributed by atoms with Gasteiger partial charge in [0.25, 0.3) is 0 Å². The number of rotatable bonds is 4. The minimum atomic E-state index is -3.61. The third kappa shape index (κ3) is 3.52. The molecule has 6 nitrogen and oxygen atoms in total. The van der Waals surface area contributed by atoms with Gasteiger partial charge < -0.3 is 10.6 Å². The summed E-state index contributed by atoms with van der Waals surface area (Å²) in [5, 5.41) is 6.11. The van der Waals surface area contributed by atoms with Gasteiger partial charge in [-0.25, -0.2) is 8.42 Å². The van der Waals surface area contributed by atoms with Crippen LogP contribution in [0.2, 0.25) is 5.02 Å². The topological polar surface area (TPSA) is 78.5 Å². The number of carbonyl (C=O) groups excluding carboxylic acids is 1. The molecule has 2 saturated heterocycles. The molecule has 0 bridgehead atoms. The first-order valence-corrected chi connectivity index (χ1v) is 9.61. The van der Waals surface area contributed by atoms with Crippen LogP contribution in [0.25, 0.3) is 0 Å². The number of nitrogens with zero attached hydrogens (tertiary/aromatic N) is 1. The highest BCUT2D eigenvalue weighted by Gasteiger charge is 2.30. The van der Waals surface area contributed by atoms with Gasteiger partial charge in [0.2, 0.25) is 15.9 Å². The molecule has 1 amide bonds. The normalized spacial score (nSPS) is 22.4. The van der Waals surface area contributed by atoms with Gasteiger partial charge in [-0.1, -0.05) is 11.6 Å². The number of hydrogen-bond acceptors (Lipinski definition) is 4. The van der Waals surface area contributed by atoms with Crippen molar-refractivity contribution >= 4 is 33.2 Å². The van der Waals surface area contributed by atoms with E-state index in [9.17, 15) is 13.2 Å². The van der Waals surface area contributed by atoms with E-state index in [0.29, 0.717) is 25.3 Å². The SMILES string of the molecule is O=C(Nc1ccc(Cl)c(S(=O)(=O)N2CCCC2)c1)C1CCNC1. The lowest BCUT2D eigenvalue weighted by atomic mass is 10.1. The van der Waals surface area contributed by atoms with Gasteiger partial charge in [0.15, 0.2) is 0 Å². The Morgan fingerprint density at radius 1 is 1.30 bits per heavy atom. The number of amides is 1. The number of hydrogen-bond donors (Lipinski definition) is 2. The van der Waals surface area contributed by atoms with E-state index in [-0.39, 0.29) is 21.7 Å². The van der Waals surface area contributed by atoms with Gasteiger partial charge >= 0.3 is 0 Å². The van der Waals surface area contributed by atoms with Crippen LogP contribution < -0.4 is 10.6 Å². The van der Waals surface area contributed by atoms with Crippen LogP contribution in [-0.2, 0) is 14.8 Å². The van der Waals surface area contributed by atoms with Crippen LogP contribution in [0, 0.1) is 5.92 Å². The standard InChI is InChI=1S/C15H20ClN3O3S/c16-13-4-3-12(18-15(20)11-5-6-17-10-11)9-14(13)23(21,22)19-7-1-2-8-19/h3-4,9,11,17H,1-2,5-8,10H2,(H,18,20). The second-order valence-corrected chi connectivity index (χ2v) is 8.25. The van der Waals surface area contributed by atoms with Crippen LogP contribution in [0.3, 0.4) is 0 Å². The summed E-state index contributed by atoms with van der Waals surface area (Å²) in [6, 6.07) is 4.61. The highest BCUT2D eigenvalue weighted by atomic mass is 35.5. The Kier molecular flexibility index (Phi) is 4.91. The number of halogens is 1. The molecular formula is C15H20ClN3O3S. The molecule has 23 heavy (non-hydrogen) atoms. The summed E-state index contributed by atoms with van der Waals surface area (Å²) in [7, 11) is -3.61. The van der Waals surface area contributed by atoms with Crippen molar-refractivity contribution in [2.24, 2.45) is 5.92 Å². The zero-order valence-electron chi connectivity index (χ0n) is 12.7. The Labute approximate surface area is 141 Å². The molecule has 0 spiro atoms. The summed E-state index contributed by atoms with van der Waals surface area (Å²) in [6.07, 6.45) is 2.52. The lowest BCUT2D eigenvalue weighted by molar-refractivity contribution is -0.119. The highest BCUT2D eigenvalue weighted by Crippen LogP contribution is 2.29. The molecule has 8 heteroatoms. The van der Waals surface area contributed by atoms with E-state index in [1.807, 2.05) is 0 Å². The average Bonchev–Trinajstić information content (AvgIpc) is 3.22.